The summed E-state index contributed by atoms with van der Waals surface area (Å²) in [5.74, 6) is 1.04. The van der Waals surface area contributed by atoms with Crippen molar-refractivity contribution in [3.63, 3.8) is 0 Å². The molecule has 1 unspecified atom stereocenters. The smallest absolute Gasteiger partial charge is 0.0223 e. The molecule has 2 aliphatic heterocycles. The van der Waals surface area contributed by atoms with E-state index in [-0.39, 0.29) is 0 Å². The van der Waals surface area contributed by atoms with Gasteiger partial charge in [0.25, 0.3) is 0 Å². The summed E-state index contributed by atoms with van der Waals surface area (Å²) in [6.07, 6.45) is 10.3. The van der Waals surface area contributed by atoms with E-state index in [2.05, 4.69) is 9.80 Å². The van der Waals surface area contributed by atoms with E-state index in [0.29, 0.717) is 0 Å². The third kappa shape index (κ3) is 2.43. The normalized spacial score (nSPS) is 34.1. The van der Waals surface area contributed by atoms with Crippen LogP contribution in [0.5, 0.6) is 0 Å². The summed E-state index contributed by atoms with van der Waals surface area (Å²) < 4.78 is 0. The van der Waals surface area contributed by atoms with Crippen molar-refractivity contribution >= 4 is 0 Å². The first kappa shape index (κ1) is 11.0. The molecule has 1 atom stereocenters. The Labute approximate surface area is 100.0 Å². The fraction of sp³-hybridized carbons (Fsp3) is 1.00. The molecule has 0 aromatic heterocycles. The summed E-state index contributed by atoms with van der Waals surface area (Å²) >= 11 is 0. The van der Waals surface area contributed by atoms with Crippen LogP contribution < -0.4 is 0 Å². The molecule has 2 heterocycles. The minimum absolute atomic E-state index is 0.906. The van der Waals surface area contributed by atoms with E-state index in [4.69, 9.17) is 0 Å². The predicted octanol–water partition coefficient (Wildman–Crippen LogP) is 2.35. The van der Waals surface area contributed by atoms with E-state index in [1.54, 1.807) is 0 Å². The number of hydrogen-bond donors (Lipinski definition) is 0. The topological polar surface area (TPSA) is 6.48 Å². The molecule has 0 aromatic rings. The van der Waals surface area contributed by atoms with Crippen molar-refractivity contribution in [3.05, 3.63) is 0 Å². The monoisotopic (exact) mass is 222 g/mol. The summed E-state index contributed by atoms with van der Waals surface area (Å²) in [6, 6.07) is 0.906. The summed E-state index contributed by atoms with van der Waals surface area (Å²) in [5, 5.41) is 0. The molecule has 2 saturated heterocycles. The van der Waals surface area contributed by atoms with Crippen LogP contribution in [0.2, 0.25) is 0 Å². The Morgan fingerprint density at radius 1 is 0.812 bits per heavy atom. The van der Waals surface area contributed by atoms with Gasteiger partial charge < -0.3 is 4.90 Å². The molecule has 3 fully saturated rings. The van der Waals surface area contributed by atoms with Crippen molar-refractivity contribution < 1.29 is 0 Å². The molecule has 2 heteroatoms. The van der Waals surface area contributed by atoms with Crippen LogP contribution in [-0.4, -0.2) is 48.6 Å². The molecule has 0 spiro atoms. The molecule has 3 rings (SSSR count). The van der Waals surface area contributed by atoms with Gasteiger partial charge in [0.05, 0.1) is 0 Å². The first-order valence-corrected chi connectivity index (χ1v) is 7.38. The van der Waals surface area contributed by atoms with Gasteiger partial charge >= 0.3 is 0 Å². The summed E-state index contributed by atoms with van der Waals surface area (Å²) in [4.78, 5) is 5.53. The molecule has 0 bridgehead atoms. The maximum Gasteiger partial charge on any atom is 0.0223 e. The van der Waals surface area contributed by atoms with Gasteiger partial charge in [0, 0.05) is 19.1 Å². The molecule has 1 aliphatic carbocycles. The molecule has 1 saturated carbocycles. The number of nitrogens with zero attached hydrogens (tertiary/aromatic N) is 2. The third-order valence-electron chi connectivity index (χ3n) is 4.88. The fourth-order valence-electron chi connectivity index (χ4n) is 4.01. The second-order valence-corrected chi connectivity index (χ2v) is 6.10. The highest BCUT2D eigenvalue weighted by Gasteiger charge is 2.29. The Kier molecular flexibility index (Phi) is 3.49. The van der Waals surface area contributed by atoms with Gasteiger partial charge in [-0.15, -0.1) is 0 Å². The summed E-state index contributed by atoms with van der Waals surface area (Å²) in [5.41, 5.74) is 0. The van der Waals surface area contributed by atoms with E-state index in [1.807, 2.05) is 0 Å². The van der Waals surface area contributed by atoms with Crippen LogP contribution >= 0.6 is 0 Å². The zero-order valence-electron chi connectivity index (χ0n) is 10.5. The Morgan fingerprint density at radius 2 is 1.62 bits per heavy atom. The SMILES string of the molecule is C1CCC(CN2CCCN3CCCC3C2)C1. The number of rotatable bonds is 2. The van der Waals surface area contributed by atoms with Crippen molar-refractivity contribution in [2.24, 2.45) is 5.92 Å². The Balaban J connectivity index is 1.54. The quantitative estimate of drug-likeness (QED) is 0.707. The maximum absolute atomic E-state index is 2.78. The van der Waals surface area contributed by atoms with Crippen LogP contribution in [0.15, 0.2) is 0 Å². The van der Waals surface area contributed by atoms with Crippen molar-refractivity contribution in [2.75, 3.05) is 32.7 Å². The van der Waals surface area contributed by atoms with Crippen LogP contribution in [0.4, 0.5) is 0 Å². The van der Waals surface area contributed by atoms with Gasteiger partial charge in [0.15, 0.2) is 0 Å². The zero-order valence-corrected chi connectivity index (χ0v) is 10.5. The zero-order chi connectivity index (χ0) is 10.8. The fourth-order valence-corrected chi connectivity index (χ4v) is 4.01. The van der Waals surface area contributed by atoms with Crippen LogP contribution in [0.25, 0.3) is 0 Å². The van der Waals surface area contributed by atoms with Gasteiger partial charge in [0.1, 0.15) is 0 Å². The average Bonchev–Trinajstić information content (AvgIpc) is 2.88. The molecule has 0 N–H and O–H groups in total. The van der Waals surface area contributed by atoms with E-state index < -0.39 is 0 Å². The van der Waals surface area contributed by atoms with Gasteiger partial charge in [-0.2, -0.15) is 0 Å². The minimum atomic E-state index is 0.906. The highest BCUT2D eigenvalue weighted by molar-refractivity contribution is 4.86. The number of hydrogen-bond acceptors (Lipinski definition) is 2. The van der Waals surface area contributed by atoms with Gasteiger partial charge in [-0.25, -0.2) is 0 Å². The predicted molar refractivity (Wildman–Crippen MR) is 67.6 cm³/mol. The highest BCUT2D eigenvalue weighted by atomic mass is 15.3. The first-order chi connectivity index (χ1) is 7.92. The lowest BCUT2D eigenvalue weighted by Crippen LogP contribution is -2.38. The van der Waals surface area contributed by atoms with Crippen LogP contribution in [-0.2, 0) is 0 Å². The Bertz CT molecular complexity index is 223. The van der Waals surface area contributed by atoms with Crippen molar-refractivity contribution in [1.82, 2.24) is 9.80 Å². The second kappa shape index (κ2) is 5.05. The van der Waals surface area contributed by atoms with Gasteiger partial charge in [-0.3, -0.25) is 4.90 Å². The summed E-state index contributed by atoms with van der Waals surface area (Å²) in [6.45, 7) is 6.89. The Morgan fingerprint density at radius 3 is 2.50 bits per heavy atom. The van der Waals surface area contributed by atoms with Crippen molar-refractivity contribution in [3.8, 4) is 0 Å². The minimum Gasteiger partial charge on any atom is -0.301 e. The molecular weight excluding hydrogens is 196 g/mol. The Hall–Kier alpha value is -0.0800. The maximum atomic E-state index is 2.78. The molecule has 0 aromatic carbocycles. The standard InChI is InChI=1S/C14H26N2/c1-2-6-13(5-1)11-15-8-4-10-16-9-3-7-14(16)12-15/h13-14H,1-12H2. The van der Waals surface area contributed by atoms with E-state index in [0.717, 1.165) is 12.0 Å². The second-order valence-electron chi connectivity index (χ2n) is 6.10. The lowest BCUT2D eigenvalue weighted by Gasteiger charge is -2.27. The van der Waals surface area contributed by atoms with E-state index >= 15 is 0 Å². The molecule has 2 nitrogen and oxygen atoms in total. The van der Waals surface area contributed by atoms with Crippen LogP contribution in [0.1, 0.15) is 44.9 Å². The molecule has 16 heavy (non-hydrogen) atoms. The van der Waals surface area contributed by atoms with Crippen molar-refractivity contribution in [1.29, 1.82) is 0 Å². The number of fused-ring (bicyclic) bond motifs is 1. The van der Waals surface area contributed by atoms with E-state index in [1.165, 1.54) is 77.7 Å². The lowest BCUT2D eigenvalue weighted by atomic mass is 10.1. The highest BCUT2D eigenvalue weighted by Crippen LogP contribution is 2.27. The molecule has 92 valence electrons. The van der Waals surface area contributed by atoms with Crippen molar-refractivity contribution in [2.45, 2.75) is 51.0 Å². The van der Waals surface area contributed by atoms with Gasteiger partial charge in [-0.05, 0) is 57.7 Å². The largest absolute Gasteiger partial charge is 0.301 e. The molecule has 3 aliphatic rings. The van der Waals surface area contributed by atoms with E-state index in [9.17, 15) is 0 Å². The van der Waals surface area contributed by atoms with Crippen LogP contribution in [0, 0.1) is 5.92 Å². The lowest BCUT2D eigenvalue weighted by molar-refractivity contribution is 0.199. The first-order valence-electron chi connectivity index (χ1n) is 7.38. The van der Waals surface area contributed by atoms with Crippen LogP contribution in [0.3, 0.4) is 0 Å². The average molecular weight is 222 g/mol. The van der Waals surface area contributed by atoms with Gasteiger partial charge in [0.2, 0.25) is 0 Å². The molecule has 0 amide bonds. The van der Waals surface area contributed by atoms with Gasteiger partial charge in [-0.1, -0.05) is 12.8 Å². The third-order valence-corrected chi connectivity index (χ3v) is 4.88. The summed E-state index contributed by atoms with van der Waals surface area (Å²) in [7, 11) is 0. The molecule has 0 radical (unpaired) electrons. The molecular formula is C14H26N2.